The van der Waals surface area contributed by atoms with Gasteiger partial charge in [-0.05, 0) is 60.6 Å². The predicted molar refractivity (Wildman–Crippen MR) is 112 cm³/mol. The summed E-state index contributed by atoms with van der Waals surface area (Å²) in [6.07, 6.45) is 3.22. The van der Waals surface area contributed by atoms with Crippen molar-refractivity contribution in [1.82, 2.24) is 4.90 Å². The van der Waals surface area contributed by atoms with E-state index in [4.69, 9.17) is 0 Å². The van der Waals surface area contributed by atoms with Gasteiger partial charge in [-0.2, -0.15) is 0 Å². The summed E-state index contributed by atoms with van der Waals surface area (Å²) in [4.78, 5) is 14.4. The van der Waals surface area contributed by atoms with E-state index < -0.39 is 0 Å². The number of fused-ring (bicyclic) bond motifs is 1. The van der Waals surface area contributed by atoms with Crippen LogP contribution < -0.4 is 5.32 Å². The Hall–Kier alpha value is -2.81. The maximum Gasteiger partial charge on any atom is 0.321 e. The number of urea groups is 1. The molecule has 1 aliphatic heterocycles. The van der Waals surface area contributed by atoms with Gasteiger partial charge < -0.3 is 10.2 Å². The first-order valence-corrected chi connectivity index (χ1v) is 9.78. The van der Waals surface area contributed by atoms with Crippen molar-refractivity contribution < 1.29 is 4.79 Å². The van der Waals surface area contributed by atoms with Crippen molar-refractivity contribution in [2.45, 2.75) is 26.2 Å². The molecule has 0 unspecified atom stereocenters. The minimum Gasteiger partial charge on any atom is -0.325 e. The van der Waals surface area contributed by atoms with Crippen molar-refractivity contribution in [2.75, 3.05) is 18.4 Å². The molecule has 1 heterocycles. The Kier molecular flexibility index (Phi) is 5.10. The van der Waals surface area contributed by atoms with Crippen molar-refractivity contribution in [3.05, 3.63) is 77.9 Å². The second kappa shape index (κ2) is 7.83. The lowest BCUT2D eigenvalue weighted by Gasteiger charge is -2.32. The normalized spacial score (nSPS) is 15.1. The highest BCUT2D eigenvalue weighted by Gasteiger charge is 2.23. The predicted octanol–water partition coefficient (Wildman–Crippen LogP) is 5.63. The Bertz CT molecular complexity index is 925. The molecule has 0 saturated carbocycles. The second-order valence-electron chi connectivity index (χ2n) is 7.61. The molecular weight excluding hydrogens is 332 g/mol. The summed E-state index contributed by atoms with van der Waals surface area (Å²) in [5.74, 6) is 0.648. The first-order chi connectivity index (χ1) is 13.2. The van der Waals surface area contributed by atoms with E-state index in [1.165, 1.54) is 21.9 Å². The van der Waals surface area contributed by atoms with Crippen LogP contribution in [0.3, 0.4) is 0 Å². The van der Waals surface area contributed by atoms with Crippen molar-refractivity contribution in [3.8, 4) is 0 Å². The summed E-state index contributed by atoms with van der Waals surface area (Å²) in [6.45, 7) is 3.71. The molecule has 1 N–H and O–H groups in total. The molecule has 0 aliphatic carbocycles. The molecular formula is C24H26N2O. The number of nitrogens with zero attached hydrogens (tertiary/aromatic N) is 1. The minimum atomic E-state index is 0.0167. The Morgan fingerprint density at radius 3 is 2.41 bits per heavy atom. The van der Waals surface area contributed by atoms with Gasteiger partial charge in [0.1, 0.15) is 0 Å². The van der Waals surface area contributed by atoms with E-state index in [-0.39, 0.29) is 6.03 Å². The van der Waals surface area contributed by atoms with Crippen LogP contribution in [0.2, 0.25) is 0 Å². The summed E-state index contributed by atoms with van der Waals surface area (Å²) in [5, 5.41) is 5.62. The van der Waals surface area contributed by atoms with Crippen LogP contribution >= 0.6 is 0 Å². The van der Waals surface area contributed by atoms with E-state index in [9.17, 15) is 4.79 Å². The molecule has 3 heteroatoms. The third-order valence-electron chi connectivity index (χ3n) is 5.54. The first kappa shape index (κ1) is 17.6. The molecule has 2 amide bonds. The zero-order valence-electron chi connectivity index (χ0n) is 15.8. The van der Waals surface area contributed by atoms with Crippen LogP contribution in [0.25, 0.3) is 10.8 Å². The van der Waals surface area contributed by atoms with Gasteiger partial charge in [-0.3, -0.25) is 0 Å². The number of amides is 2. The fraction of sp³-hybridized carbons (Fsp3) is 0.292. The van der Waals surface area contributed by atoms with Gasteiger partial charge in [0.25, 0.3) is 0 Å². The zero-order valence-corrected chi connectivity index (χ0v) is 15.8. The number of carbonyl (C=O) groups is 1. The number of hydrogen-bond acceptors (Lipinski definition) is 1. The van der Waals surface area contributed by atoms with Crippen molar-refractivity contribution in [2.24, 2.45) is 5.92 Å². The highest BCUT2D eigenvalue weighted by Crippen LogP contribution is 2.24. The van der Waals surface area contributed by atoms with E-state index in [0.717, 1.165) is 38.0 Å². The molecule has 1 aliphatic rings. The van der Waals surface area contributed by atoms with Crippen LogP contribution in [-0.4, -0.2) is 24.0 Å². The minimum absolute atomic E-state index is 0.0167. The van der Waals surface area contributed by atoms with Crippen molar-refractivity contribution >= 4 is 22.5 Å². The number of rotatable bonds is 3. The number of hydrogen-bond donors (Lipinski definition) is 1. The van der Waals surface area contributed by atoms with Gasteiger partial charge in [-0.25, -0.2) is 4.79 Å². The van der Waals surface area contributed by atoms with Crippen LogP contribution in [0.15, 0.2) is 66.7 Å². The number of nitrogens with one attached hydrogen (secondary N) is 1. The summed E-state index contributed by atoms with van der Waals surface area (Å²) >= 11 is 0. The number of piperidine rings is 1. The Morgan fingerprint density at radius 1 is 0.963 bits per heavy atom. The number of benzene rings is 3. The fourth-order valence-electron chi connectivity index (χ4n) is 3.88. The maximum absolute atomic E-state index is 12.5. The van der Waals surface area contributed by atoms with E-state index in [2.05, 4.69) is 47.8 Å². The molecule has 4 rings (SSSR count). The van der Waals surface area contributed by atoms with Crippen LogP contribution in [0, 0.1) is 12.8 Å². The van der Waals surface area contributed by atoms with E-state index >= 15 is 0 Å². The second-order valence-corrected chi connectivity index (χ2v) is 7.61. The zero-order chi connectivity index (χ0) is 18.6. The molecule has 3 nitrogen and oxygen atoms in total. The monoisotopic (exact) mass is 358 g/mol. The van der Waals surface area contributed by atoms with Crippen molar-refractivity contribution in [1.29, 1.82) is 0 Å². The molecule has 0 atom stereocenters. The molecule has 3 aromatic rings. The average molecular weight is 358 g/mol. The lowest BCUT2D eigenvalue weighted by Crippen LogP contribution is -2.41. The van der Waals surface area contributed by atoms with Gasteiger partial charge in [0.15, 0.2) is 0 Å². The molecule has 0 radical (unpaired) electrons. The van der Waals surface area contributed by atoms with Gasteiger partial charge in [-0.1, -0.05) is 60.2 Å². The molecule has 138 valence electrons. The smallest absolute Gasteiger partial charge is 0.321 e. The number of likely N-dealkylation sites (tertiary alicyclic amines) is 1. The largest absolute Gasteiger partial charge is 0.325 e. The Balaban J connectivity index is 1.31. The van der Waals surface area contributed by atoms with Gasteiger partial charge >= 0.3 is 6.03 Å². The first-order valence-electron chi connectivity index (χ1n) is 9.78. The lowest BCUT2D eigenvalue weighted by molar-refractivity contribution is 0.182. The summed E-state index contributed by atoms with van der Waals surface area (Å²) in [7, 11) is 0. The summed E-state index contributed by atoms with van der Waals surface area (Å²) in [6, 6.07) is 23.3. The molecule has 0 bridgehead atoms. The SMILES string of the molecule is Cc1ccc(NC(=O)N2CCC(Cc3ccc4ccccc4c3)CC2)cc1. The van der Waals surface area contributed by atoms with Crippen LogP contribution in [0.4, 0.5) is 10.5 Å². The van der Waals surface area contributed by atoms with E-state index in [1.807, 2.05) is 36.1 Å². The maximum atomic E-state index is 12.5. The van der Waals surface area contributed by atoms with Crippen LogP contribution in [0.1, 0.15) is 24.0 Å². The molecule has 1 fully saturated rings. The molecule has 0 aromatic heterocycles. The van der Waals surface area contributed by atoms with Crippen LogP contribution in [0.5, 0.6) is 0 Å². The number of carbonyl (C=O) groups excluding carboxylic acids is 1. The van der Waals surface area contributed by atoms with Crippen LogP contribution in [-0.2, 0) is 6.42 Å². The topological polar surface area (TPSA) is 32.3 Å². The molecule has 27 heavy (non-hydrogen) atoms. The Labute approximate surface area is 161 Å². The number of aryl methyl sites for hydroxylation is 1. The third kappa shape index (κ3) is 4.30. The van der Waals surface area contributed by atoms with E-state index in [1.54, 1.807) is 0 Å². The van der Waals surface area contributed by atoms with Crippen molar-refractivity contribution in [3.63, 3.8) is 0 Å². The standard InChI is InChI=1S/C24H26N2O/c1-18-6-10-23(11-7-18)25-24(27)26-14-12-19(13-15-26)16-20-8-9-21-4-2-3-5-22(21)17-20/h2-11,17,19H,12-16H2,1H3,(H,25,27). The average Bonchev–Trinajstić information content (AvgIpc) is 2.70. The van der Waals surface area contributed by atoms with Gasteiger partial charge in [0.2, 0.25) is 0 Å². The Morgan fingerprint density at radius 2 is 1.67 bits per heavy atom. The summed E-state index contributed by atoms with van der Waals surface area (Å²) in [5.41, 5.74) is 3.46. The third-order valence-corrected chi connectivity index (χ3v) is 5.54. The summed E-state index contributed by atoms with van der Waals surface area (Å²) < 4.78 is 0. The lowest BCUT2D eigenvalue weighted by atomic mass is 9.89. The van der Waals surface area contributed by atoms with Gasteiger partial charge in [0, 0.05) is 18.8 Å². The van der Waals surface area contributed by atoms with E-state index in [0.29, 0.717) is 5.92 Å². The van der Waals surface area contributed by atoms with Gasteiger partial charge in [-0.15, -0.1) is 0 Å². The fourth-order valence-corrected chi connectivity index (χ4v) is 3.88. The molecule has 0 spiro atoms. The highest BCUT2D eigenvalue weighted by molar-refractivity contribution is 5.89. The molecule has 3 aromatic carbocycles. The highest BCUT2D eigenvalue weighted by atomic mass is 16.2. The quantitative estimate of drug-likeness (QED) is 0.646. The van der Waals surface area contributed by atoms with Gasteiger partial charge in [0.05, 0.1) is 0 Å². The number of anilines is 1. The molecule has 1 saturated heterocycles.